The van der Waals surface area contributed by atoms with Crippen molar-refractivity contribution in [1.29, 1.82) is 0 Å². The molecule has 0 radical (unpaired) electrons. The summed E-state index contributed by atoms with van der Waals surface area (Å²) in [7, 11) is 0. The second-order valence-corrected chi connectivity index (χ2v) is 6.92. The van der Waals surface area contributed by atoms with E-state index >= 15 is 0 Å². The Labute approximate surface area is 171 Å². The van der Waals surface area contributed by atoms with Gasteiger partial charge in [-0.1, -0.05) is 11.6 Å². The number of rotatable bonds is 6. The Kier molecular flexibility index (Phi) is 5.22. The predicted molar refractivity (Wildman–Crippen MR) is 106 cm³/mol. The van der Waals surface area contributed by atoms with E-state index in [1.54, 1.807) is 31.2 Å². The van der Waals surface area contributed by atoms with E-state index in [9.17, 15) is 4.79 Å². The lowest BCUT2D eigenvalue weighted by atomic mass is 10.1. The first kappa shape index (κ1) is 19.0. The average Bonchev–Trinajstić information content (AvgIpc) is 3.42. The first-order chi connectivity index (χ1) is 14.0. The maximum atomic E-state index is 12.3. The molecule has 148 valence electrons. The van der Waals surface area contributed by atoms with E-state index < -0.39 is 0 Å². The molecule has 3 heterocycles. The average molecular weight is 412 g/mol. The van der Waals surface area contributed by atoms with Crippen LogP contribution in [0.5, 0.6) is 0 Å². The van der Waals surface area contributed by atoms with Gasteiger partial charge in [0.05, 0.1) is 30.6 Å². The minimum Gasteiger partial charge on any atom is -0.459 e. The number of hydrogen-bond acceptors (Lipinski definition) is 6. The Bertz CT molecular complexity index is 1130. The van der Waals surface area contributed by atoms with Crippen LogP contribution in [-0.4, -0.2) is 15.9 Å². The highest BCUT2D eigenvalue weighted by molar-refractivity contribution is 6.30. The summed E-state index contributed by atoms with van der Waals surface area (Å²) in [6.07, 6.45) is 1.62. The largest absolute Gasteiger partial charge is 0.459 e. The molecule has 0 unspecified atom stereocenters. The number of carbonyl (C=O) groups is 1. The summed E-state index contributed by atoms with van der Waals surface area (Å²) >= 11 is 5.93. The van der Waals surface area contributed by atoms with Gasteiger partial charge in [0, 0.05) is 10.6 Å². The van der Waals surface area contributed by atoms with Crippen LogP contribution in [0.15, 0.2) is 55.9 Å². The van der Waals surface area contributed by atoms with Gasteiger partial charge < -0.3 is 18.6 Å². The van der Waals surface area contributed by atoms with Crippen molar-refractivity contribution in [1.82, 2.24) is 15.3 Å². The molecule has 7 nitrogen and oxygen atoms in total. The Morgan fingerprint density at radius 2 is 1.90 bits per heavy atom. The summed E-state index contributed by atoms with van der Waals surface area (Å²) in [5.41, 5.74) is 2.17. The highest BCUT2D eigenvalue weighted by Gasteiger charge is 2.17. The van der Waals surface area contributed by atoms with Gasteiger partial charge in [-0.2, -0.15) is 0 Å². The molecule has 29 heavy (non-hydrogen) atoms. The lowest BCUT2D eigenvalue weighted by Crippen LogP contribution is -2.25. The van der Waals surface area contributed by atoms with E-state index in [1.807, 2.05) is 19.1 Å². The van der Waals surface area contributed by atoms with E-state index in [0.717, 1.165) is 11.3 Å². The van der Waals surface area contributed by atoms with Crippen LogP contribution in [0, 0.1) is 13.8 Å². The van der Waals surface area contributed by atoms with E-state index in [2.05, 4.69) is 15.3 Å². The van der Waals surface area contributed by atoms with Gasteiger partial charge in [-0.25, -0.2) is 9.97 Å². The van der Waals surface area contributed by atoms with Crippen molar-refractivity contribution >= 4 is 17.5 Å². The Balaban J connectivity index is 1.39. The first-order valence-electron chi connectivity index (χ1n) is 8.98. The summed E-state index contributed by atoms with van der Waals surface area (Å²) in [6.45, 7) is 3.79. The minimum absolute atomic E-state index is 0.0831. The molecule has 0 saturated carbocycles. The Hall–Kier alpha value is -3.32. The third kappa shape index (κ3) is 4.25. The van der Waals surface area contributed by atoms with E-state index in [-0.39, 0.29) is 18.9 Å². The van der Waals surface area contributed by atoms with Crippen LogP contribution in [0.2, 0.25) is 5.02 Å². The normalized spacial score (nSPS) is 11.0. The van der Waals surface area contributed by atoms with E-state index in [1.165, 1.54) is 6.26 Å². The summed E-state index contributed by atoms with van der Waals surface area (Å²) < 4.78 is 16.6. The molecule has 4 aromatic rings. The molecule has 0 fully saturated rings. The molecule has 0 aliphatic heterocycles. The van der Waals surface area contributed by atoms with E-state index in [4.69, 9.17) is 24.9 Å². The summed E-state index contributed by atoms with van der Waals surface area (Å²) in [4.78, 5) is 21.1. The third-order valence-electron chi connectivity index (χ3n) is 4.34. The van der Waals surface area contributed by atoms with Gasteiger partial charge in [-0.15, -0.1) is 0 Å². The van der Waals surface area contributed by atoms with Crippen LogP contribution in [0.25, 0.3) is 23.0 Å². The molecular formula is C21H18ClN3O4. The fourth-order valence-electron chi connectivity index (χ4n) is 2.88. The van der Waals surface area contributed by atoms with Gasteiger partial charge in [0.25, 0.3) is 5.89 Å². The predicted octanol–water partition coefficient (Wildman–Crippen LogP) is 4.72. The van der Waals surface area contributed by atoms with Gasteiger partial charge in [0.15, 0.2) is 11.5 Å². The third-order valence-corrected chi connectivity index (χ3v) is 4.59. The lowest BCUT2D eigenvalue weighted by Gasteiger charge is -2.01. The van der Waals surface area contributed by atoms with Crippen LogP contribution in [0.1, 0.15) is 23.0 Å². The number of oxazole rings is 2. The van der Waals surface area contributed by atoms with Gasteiger partial charge in [-0.3, -0.25) is 4.79 Å². The second-order valence-electron chi connectivity index (χ2n) is 6.48. The molecule has 1 amide bonds. The van der Waals surface area contributed by atoms with Crippen molar-refractivity contribution in [2.75, 3.05) is 0 Å². The minimum atomic E-state index is -0.212. The van der Waals surface area contributed by atoms with Crippen molar-refractivity contribution in [2.45, 2.75) is 26.8 Å². The smallest absolute Gasteiger partial charge is 0.263 e. The van der Waals surface area contributed by atoms with Crippen LogP contribution in [-0.2, 0) is 17.8 Å². The van der Waals surface area contributed by atoms with Crippen LogP contribution < -0.4 is 5.32 Å². The van der Waals surface area contributed by atoms with Crippen molar-refractivity contribution in [3.05, 3.63) is 70.7 Å². The number of aryl methyl sites for hydroxylation is 2. The highest BCUT2D eigenvalue weighted by Crippen LogP contribution is 2.26. The van der Waals surface area contributed by atoms with E-state index in [0.29, 0.717) is 39.8 Å². The van der Waals surface area contributed by atoms with Gasteiger partial charge in [-0.05, 0) is 50.2 Å². The molecule has 4 rings (SSSR count). The standard InChI is InChI=1S/C21H18ClN3O4/c1-12-20(14-5-7-15(22)8-6-14)29-19(24-12)11-23-18(26)10-16-13(2)28-21(25-16)17-4-3-9-27-17/h3-9H,10-11H2,1-2H3,(H,23,26). The number of furan rings is 1. The van der Waals surface area contributed by atoms with Crippen LogP contribution in [0.3, 0.4) is 0 Å². The molecule has 0 spiro atoms. The highest BCUT2D eigenvalue weighted by atomic mass is 35.5. The zero-order valence-electron chi connectivity index (χ0n) is 15.9. The molecule has 1 N–H and O–H groups in total. The van der Waals surface area contributed by atoms with Crippen molar-refractivity contribution < 1.29 is 18.0 Å². The molecular weight excluding hydrogens is 394 g/mol. The van der Waals surface area contributed by atoms with Crippen LogP contribution in [0.4, 0.5) is 0 Å². The summed E-state index contributed by atoms with van der Waals surface area (Å²) in [6, 6.07) is 10.8. The molecule has 1 aromatic carbocycles. The fraction of sp³-hybridized carbons (Fsp3) is 0.190. The van der Waals surface area contributed by atoms with Gasteiger partial charge >= 0.3 is 0 Å². The molecule has 0 aliphatic rings. The molecule has 0 atom stereocenters. The fourth-order valence-corrected chi connectivity index (χ4v) is 3.01. The zero-order chi connectivity index (χ0) is 20.4. The van der Waals surface area contributed by atoms with Gasteiger partial charge in [0.1, 0.15) is 5.76 Å². The Morgan fingerprint density at radius 1 is 1.10 bits per heavy atom. The monoisotopic (exact) mass is 411 g/mol. The number of hydrogen-bond donors (Lipinski definition) is 1. The maximum Gasteiger partial charge on any atom is 0.263 e. The second kappa shape index (κ2) is 7.97. The first-order valence-corrected chi connectivity index (χ1v) is 9.36. The molecule has 0 aliphatic carbocycles. The molecule has 0 saturated heterocycles. The Morgan fingerprint density at radius 3 is 2.62 bits per heavy atom. The zero-order valence-corrected chi connectivity index (χ0v) is 16.6. The topological polar surface area (TPSA) is 94.3 Å². The SMILES string of the molecule is Cc1nc(CNC(=O)Cc2nc(-c3ccco3)oc2C)oc1-c1ccc(Cl)cc1. The van der Waals surface area contributed by atoms with Gasteiger partial charge in [0.2, 0.25) is 11.8 Å². The number of nitrogens with zero attached hydrogens (tertiary/aromatic N) is 2. The van der Waals surface area contributed by atoms with Crippen LogP contribution >= 0.6 is 11.6 Å². The maximum absolute atomic E-state index is 12.3. The number of nitrogens with one attached hydrogen (secondary N) is 1. The lowest BCUT2D eigenvalue weighted by molar-refractivity contribution is -0.120. The quantitative estimate of drug-likeness (QED) is 0.493. The van der Waals surface area contributed by atoms with Crippen molar-refractivity contribution in [3.63, 3.8) is 0 Å². The summed E-state index contributed by atoms with van der Waals surface area (Å²) in [5.74, 6) is 2.31. The molecule has 3 aromatic heterocycles. The van der Waals surface area contributed by atoms with Crippen molar-refractivity contribution in [2.24, 2.45) is 0 Å². The number of halogens is 1. The van der Waals surface area contributed by atoms with Crippen molar-refractivity contribution in [3.8, 4) is 23.0 Å². The number of amides is 1. The summed E-state index contributed by atoms with van der Waals surface area (Å²) in [5, 5.41) is 3.45. The molecule has 8 heteroatoms. The number of aromatic nitrogens is 2. The number of carbonyl (C=O) groups excluding carboxylic acids is 1. The molecule has 0 bridgehead atoms. The number of benzene rings is 1.